The van der Waals surface area contributed by atoms with Gasteiger partial charge in [-0.15, -0.1) is 0 Å². The Kier molecular flexibility index (Phi) is 8.20. The Hall–Kier alpha value is -2.46. The first kappa shape index (κ1) is 21.6. The van der Waals surface area contributed by atoms with Crippen LogP contribution in [0.3, 0.4) is 0 Å². The predicted molar refractivity (Wildman–Crippen MR) is 91.8 cm³/mol. The number of carbonyl (C=O) groups is 3. The Morgan fingerprint density at radius 2 is 1.73 bits per heavy atom. The molecule has 0 unspecified atom stereocenters. The molecule has 9 nitrogen and oxygen atoms in total. The molecule has 10 heteroatoms. The lowest BCUT2D eigenvalue weighted by Crippen LogP contribution is -2.38. The molecule has 0 aliphatic heterocycles. The molecule has 1 rings (SSSR count). The maximum atomic E-state index is 12.2. The van der Waals surface area contributed by atoms with E-state index in [1.54, 1.807) is 13.8 Å². The lowest BCUT2D eigenvalue weighted by atomic mass is 10.2. The van der Waals surface area contributed by atoms with E-state index in [0.29, 0.717) is 6.54 Å². The van der Waals surface area contributed by atoms with Gasteiger partial charge in [-0.2, -0.15) is 4.72 Å². The van der Waals surface area contributed by atoms with Gasteiger partial charge >= 0.3 is 11.9 Å². The topological polar surface area (TPSA) is 128 Å². The van der Waals surface area contributed by atoms with Gasteiger partial charge in [-0.1, -0.05) is 0 Å². The molecular formula is C16H22N2O7S. The van der Waals surface area contributed by atoms with Gasteiger partial charge < -0.3 is 14.8 Å². The van der Waals surface area contributed by atoms with Crippen LogP contribution in [0.4, 0.5) is 0 Å². The largest absolute Gasteiger partial charge is 0.462 e. The van der Waals surface area contributed by atoms with E-state index in [2.05, 4.69) is 10.0 Å². The third-order valence-corrected chi connectivity index (χ3v) is 4.53. The third-order valence-electron chi connectivity index (χ3n) is 3.11. The quantitative estimate of drug-likeness (QED) is 0.581. The molecule has 0 radical (unpaired) electrons. The van der Waals surface area contributed by atoms with Crippen molar-refractivity contribution in [3.05, 3.63) is 29.8 Å². The molecule has 144 valence electrons. The van der Waals surface area contributed by atoms with Gasteiger partial charge in [0.2, 0.25) is 10.0 Å². The van der Waals surface area contributed by atoms with Gasteiger partial charge in [0.25, 0.3) is 5.91 Å². The first-order valence-electron chi connectivity index (χ1n) is 7.95. The van der Waals surface area contributed by atoms with E-state index in [4.69, 9.17) is 9.47 Å². The second-order valence-electron chi connectivity index (χ2n) is 5.10. The van der Waals surface area contributed by atoms with Gasteiger partial charge in [0.1, 0.15) is 6.54 Å². The van der Waals surface area contributed by atoms with Gasteiger partial charge in [-0.25, -0.2) is 13.2 Å². The monoisotopic (exact) mass is 386 g/mol. The number of benzene rings is 1. The first-order chi connectivity index (χ1) is 12.2. The summed E-state index contributed by atoms with van der Waals surface area (Å²) in [5, 5.41) is 2.48. The summed E-state index contributed by atoms with van der Waals surface area (Å²) in [5.41, 5.74) is 0.209. The second-order valence-corrected chi connectivity index (χ2v) is 6.86. The van der Waals surface area contributed by atoms with Crippen molar-refractivity contribution >= 4 is 27.9 Å². The summed E-state index contributed by atoms with van der Waals surface area (Å²) < 4.78 is 36.0. The number of amides is 1. The molecule has 0 aliphatic carbocycles. The van der Waals surface area contributed by atoms with E-state index < -0.39 is 40.5 Å². The average molecular weight is 386 g/mol. The maximum absolute atomic E-state index is 12.2. The smallest absolute Gasteiger partial charge is 0.338 e. The molecule has 26 heavy (non-hydrogen) atoms. The summed E-state index contributed by atoms with van der Waals surface area (Å²) in [6.07, 6.45) is -1.03. The number of hydrogen-bond acceptors (Lipinski definition) is 7. The fraction of sp³-hybridized carbons (Fsp3) is 0.438. The lowest BCUT2D eigenvalue weighted by Gasteiger charge is -2.13. The van der Waals surface area contributed by atoms with Gasteiger partial charge in [-0.3, -0.25) is 9.59 Å². The molecule has 1 amide bonds. The number of sulfonamides is 1. The highest BCUT2D eigenvalue weighted by Crippen LogP contribution is 2.11. The van der Waals surface area contributed by atoms with Crippen molar-refractivity contribution < 1.29 is 32.3 Å². The summed E-state index contributed by atoms with van der Waals surface area (Å²) in [5.74, 6) is -1.93. The van der Waals surface area contributed by atoms with Crippen LogP contribution in [-0.2, 0) is 29.1 Å². The van der Waals surface area contributed by atoms with Gasteiger partial charge in [0.05, 0.1) is 17.1 Å². The normalized spacial score (nSPS) is 12.1. The number of esters is 2. The van der Waals surface area contributed by atoms with E-state index >= 15 is 0 Å². The van der Waals surface area contributed by atoms with E-state index in [1.807, 2.05) is 0 Å². The highest BCUT2D eigenvalue weighted by Gasteiger charge is 2.20. The van der Waals surface area contributed by atoms with E-state index in [9.17, 15) is 22.8 Å². The van der Waals surface area contributed by atoms with E-state index in [-0.39, 0.29) is 17.1 Å². The summed E-state index contributed by atoms with van der Waals surface area (Å²) in [7, 11) is -3.98. The zero-order valence-corrected chi connectivity index (χ0v) is 15.6. The van der Waals surface area contributed by atoms with Gasteiger partial charge in [0, 0.05) is 6.54 Å². The SMILES string of the molecule is CCNC(=O)[C@H](C)OC(=O)CNS(=O)(=O)c1ccc(C(=O)OCC)cc1. The molecule has 0 bridgehead atoms. The fourth-order valence-corrected chi connectivity index (χ4v) is 2.80. The molecule has 0 aliphatic rings. The van der Waals surface area contributed by atoms with Crippen LogP contribution in [0.1, 0.15) is 31.1 Å². The molecule has 0 heterocycles. The molecular weight excluding hydrogens is 364 g/mol. The zero-order chi connectivity index (χ0) is 19.7. The summed E-state index contributed by atoms with van der Waals surface area (Å²) in [6.45, 7) is 4.71. The van der Waals surface area contributed by atoms with Crippen molar-refractivity contribution in [3.8, 4) is 0 Å². The van der Waals surface area contributed by atoms with Crippen molar-refractivity contribution in [1.29, 1.82) is 0 Å². The van der Waals surface area contributed by atoms with Crippen molar-refractivity contribution in [1.82, 2.24) is 10.0 Å². The molecule has 1 atom stereocenters. The minimum atomic E-state index is -3.98. The summed E-state index contributed by atoms with van der Waals surface area (Å²) in [6, 6.07) is 5.05. The van der Waals surface area contributed by atoms with Gasteiger partial charge in [0.15, 0.2) is 6.10 Å². The second kappa shape index (κ2) is 9.88. The molecule has 0 spiro atoms. The molecule has 1 aromatic carbocycles. The lowest BCUT2D eigenvalue weighted by molar-refractivity contribution is -0.153. The van der Waals surface area contributed by atoms with Crippen LogP contribution >= 0.6 is 0 Å². The fourth-order valence-electron chi connectivity index (χ4n) is 1.83. The van der Waals surface area contributed by atoms with E-state index in [0.717, 1.165) is 0 Å². The number of hydrogen-bond donors (Lipinski definition) is 2. The Morgan fingerprint density at radius 1 is 1.12 bits per heavy atom. The van der Waals surface area contributed by atoms with Crippen LogP contribution in [0.5, 0.6) is 0 Å². The van der Waals surface area contributed by atoms with Crippen molar-refractivity contribution in [2.24, 2.45) is 0 Å². The predicted octanol–water partition coefficient (Wildman–Crippen LogP) is 0.209. The Bertz CT molecular complexity index is 744. The van der Waals surface area contributed by atoms with Crippen molar-refractivity contribution in [2.45, 2.75) is 31.8 Å². The summed E-state index contributed by atoms with van der Waals surface area (Å²) in [4.78, 5) is 34.5. The van der Waals surface area contributed by atoms with Crippen LogP contribution in [0.15, 0.2) is 29.2 Å². The van der Waals surface area contributed by atoms with Crippen LogP contribution in [0.25, 0.3) is 0 Å². The highest BCUT2D eigenvalue weighted by atomic mass is 32.2. The highest BCUT2D eigenvalue weighted by molar-refractivity contribution is 7.89. The van der Waals surface area contributed by atoms with Crippen LogP contribution in [-0.4, -0.2) is 52.1 Å². The number of nitrogens with one attached hydrogen (secondary N) is 2. The zero-order valence-electron chi connectivity index (χ0n) is 14.8. The molecule has 1 aromatic rings. The number of likely N-dealkylation sites (N-methyl/N-ethyl adjacent to an activating group) is 1. The Labute approximate surface area is 152 Å². The molecule has 2 N–H and O–H groups in total. The maximum Gasteiger partial charge on any atom is 0.338 e. The molecule has 0 saturated carbocycles. The standard InChI is InChI=1S/C16H22N2O7S/c1-4-17-15(20)11(3)25-14(19)10-18-26(22,23)13-8-6-12(7-9-13)16(21)24-5-2/h6-9,11,18H,4-5,10H2,1-3H3,(H,17,20)/t11-/m0/s1. The van der Waals surface area contributed by atoms with Crippen LogP contribution in [0.2, 0.25) is 0 Å². The summed E-state index contributed by atoms with van der Waals surface area (Å²) >= 11 is 0. The average Bonchev–Trinajstić information content (AvgIpc) is 2.60. The molecule has 0 fully saturated rings. The minimum Gasteiger partial charge on any atom is -0.462 e. The third kappa shape index (κ3) is 6.45. The Balaban J connectivity index is 2.64. The molecule has 0 saturated heterocycles. The van der Waals surface area contributed by atoms with Crippen LogP contribution in [0, 0.1) is 0 Å². The Morgan fingerprint density at radius 3 is 2.27 bits per heavy atom. The van der Waals surface area contributed by atoms with Crippen LogP contribution < -0.4 is 10.0 Å². The van der Waals surface area contributed by atoms with Crippen molar-refractivity contribution in [3.63, 3.8) is 0 Å². The first-order valence-corrected chi connectivity index (χ1v) is 9.43. The number of rotatable bonds is 9. The molecule has 0 aromatic heterocycles. The number of ether oxygens (including phenoxy) is 2. The minimum absolute atomic E-state index is 0.130. The van der Waals surface area contributed by atoms with Gasteiger partial charge in [-0.05, 0) is 45.0 Å². The van der Waals surface area contributed by atoms with E-state index in [1.165, 1.54) is 31.2 Å². The van der Waals surface area contributed by atoms with Crippen molar-refractivity contribution in [2.75, 3.05) is 19.7 Å². The number of carbonyl (C=O) groups excluding carboxylic acids is 3.